The number of nitrogens with zero attached hydrogens (tertiary/aromatic N) is 2. The number of furan rings is 1. The molecule has 0 spiro atoms. The molecule has 0 aliphatic rings. The number of hydrogen-bond donors (Lipinski definition) is 1. The molecular weight excluding hydrogens is 435 g/mol. The van der Waals surface area contributed by atoms with Crippen LogP contribution in [-0.4, -0.2) is 23.0 Å². The summed E-state index contributed by atoms with van der Waals surface area (Å²) in [5.74, 6) is -2.56. The zero-order chi connectivity index (χ0) is 23.3. The largest absolute Gasteiger partial charge is 0.459 e. The maximum atomic E-state index is 12.9. The van der Waals surface area contributed by atoms with E-state index in [-0.39, 0.29) is 11.3 Å². The summed E-state index contributed by atoms with van der Waals surface area (Å²) in [5.41, 5.74) is -0.149. The first-order valence-corrected chi connectivity index (χ1v) is 8.70. The van der Waals surface area contributed by atoms with Gasteiger partial charge in [0.2, 0.25) is 5.75 Å². The molecule has 0 bridgehead atoms. The molecular formula is C20H12F3N3O6. The molecule has 0 atom stereocenters. The van der Waals surface area contributed by atoms with E-state index in [2.05, 4.69) is 10.5 Å². The van der Waals surface area contributed by atoms with Crippen molar-refractivity contribution in [3.05, 3.63) is 93.4 Å². The first kappa shape index (κ1) is 22.2. The second-order valence-electron chi connectivity index (χ2n) is 6.10. The molecule has 0 fully saturated rings. The van der Waals surface area contributed by atoms with E-state index < -0.39 is 45.5 Å². The Balaban J connectivity index is 1.88. The summed E-state index contributed by atoms with van der Waals surface area (Å²) in [6.45, 7) is 0. The Morgan fingerprint density at radius 3 is 2.53 bits per heavy atom. The molecule has 1 N–H and O–H groups in total. The minimum Gasteiger partial charge on any atom is -0.459 e. The third-order valence-corrected chi connectivity index (χ3v) is 3.96. The van der Waals surface area contributed by atoms with Gasteiger partial charge in [0.25, 0.3) is 0 Å². The predicted octanol–water partition coefficient (Wildman–Crippen LogP) is 4.19. The van der Waals surface area contributed by atoms with Crippen LogP contribution in [0.25, 0.3) is 0 Å². The Morgan fingerprint density at radius 1 is 1.12 bits per heavy atom. The monoisotopic (exact) mass is 447 g/mol. The molecule has 32 heavy (non-hydrogen) atoms. The highest BCUT2D eigenvalue weighted by Gasteiger charge is 2.31. The van der Waals surface area contributed by atoms with Gasteiger partial charge >= 0.3 is 23.7 Å². The van der Waals surface area contributed by atoms with E-state index in [1.807, 2.05) is 0 Å². The van der Waals surface area contributed by atoms with Gasteiger partial charge in [-0.3, -0.25) is 14.9 Å². The van der Waals surface area contributed by atoms with Gasteiger partial charge in [-0.2, -0.15) is 18.3 Å². The van der Waals surface area contributed by atoms with E-state index in [0.29, 0.717) is 6.07 Å². The first-order valence-electron chi connectivity index (χ1n) is 8.70. The quantitative estimate of drug-likeness (QED) is 0.199. The minimum atomic E-state index is -4.70. The fourth-order valence-corrected chi connectivity index (χ4v) is 2.50. The van der Waals surface area contributed by atoms with Crippen molar-refractivity contribution in [1.29, 1.82) is 0 Å². The lowest BCUT2D eigenvalue weighted by molar-refractivity contribution is -0.385. The van der Waals surface area contributed by atoms with Crippen molar-refractivity contribution in [3.63, 3.8) is 0 Å². The Morgan fingerprint density at radius 2 is 1.88 bits per heavy atom. The average molecular weight is 447 g/mol. The molecule has 3 rings (SSSR count). The summed E-state index contributed by atoms with van der Waals surface area (Å²) < 4.78 is 48.6. The van der Waals surface area contributed by atoms with E-state index >= 15 is 0 Å². The van der Waals surface area contributed by atoms with Gasteiger partial charge in [0, 0.05) is 11.6 Å². The second kappa shape index (κ2) is 9.12. The van der Waals surface area contributed by atoms with Crippen molar-refractivity contribution in [3.8, 4) is 5.75 Å². The van der Waals surface area contributed by atoms with Crippen LogP contribution in [0.3, 0.4) is 0 Å². The topological polar surface area (TPSA) is 124 Å². The van der Waals surface area contributed by atoms with Crippen LogP contribution < -0.4 is 10.2 Å². The zero-order valence-electron chi connectivity index (χ0n) is 15.8. The molecule has 164 valence electrons. The number of carbonyl (C=O) groups excluding carboxylic acids is 2. The number of esters is 1. The van der Waals surface area contributed by atoms with E-state index in [9.17, 15) is 32.9 Å². The van der Waals surface area contributed by atoms with Crippen molar-refractivity contribution in [2.45, 2.75) is 6.18 Å². The Hall–Kier alpha value is -4.48. The van der Waals surface area contributed by atoms with Crippen LogP contribution in [0.2, 0.25) is 0 Å². The number of nitro groups is 1. The Kier molecular flexibility index (Phi) is 6.33. The van der Waals surface area contributed by atoms with Gasteiger partial charge in [0.1, 0.15) is 0 Å². The van der Waals surface area contributed by atoms with Crippen molar-refractivity contribution < 1.29 is 36.8 Å². The first-order chi connectivity index (χ1) is 15.2. The summed E-state index contributed by atoms with van der Waals surface area (Å²) >= 11 is 0. The number of ether oxygens (including phenoxy) is 1. The maximum absolute atomic E-state index is 12.9. The van der Waals surface area contributed by atoms with Crippen molar-refractivity contribution in [2.24, 2.45) is 5.10 Å². The normalized spacial score (nSPS) is 11.3. The number of benzene rings is 2. The van der Waals surface area contributed by atoms with Crippen LogP contribution in [-0.2, 0) is 6.18 Å². The van der Waals surface area contributed by atoms with Crippen molar-refractivity contribution >= 4 is 23.8 Å². The number of nitrogens with one attached hydrogen (secondary N) is 1. The molecule has 0 aliphatic carbocycles. The SMILES string of the molecule is O=C(Oc1c(/C=N/NC(=O)c2ccco2)cccc1[N+](=O)[O-])c1cccc(C(F)(F)F)c1. The highest BCUT2D eigenvalue weighted by atomic mass is 19.4. The van der Waals surface area contributed by atoms with Gasteiger partial charge in [-0.1, -0.05) is 12.1 Å². The van der Waals surface area contributed by atoms with E-state index in [1.165, 1.54) is 30.5 Å². The van der Waals surface area contributed by atoms with E-state index in [4.69, 9.17) is 9.15 Å². The molecule has 2 aromatic carbocycles. The third-order valence-electron chi connectivity index (χ3n) is 3.96. The lowest BCUT2D eigenvalue weighted by Crippen LogP contribution is -2.17. The third kappa shape index (κ3) is 5.16. The van der Waals surface area contributed by atoms with Crippen LogP contribution in [0, 0.1) is 10.1 Å². The van der Waals surface area contributed by atoms with Crippen LogP contribution in [0.1, 0.15) is 32.0 Å². The summed E-state index contributed by atoms with van der Waals surface area (Å²) in [7, 11) is 0. The zero-order valence-corrected chi connectivity index (χ0v) is 15.8. The number of amides is 1. The summed E-state index contributed by atoms with van der Waals surface area (Å²) in [4.78, 5) is 34.8. The number of rotatable bonds is 6. The van der Waals surface area contributed by atoms with Gasteiger partial charge in [-0.15, -0.1) is 0 Å². The van der Waals surface area contributed by atoms with Crippen LogP contribution in [0.15, 0.2) is 70.4 Å². The lowest BCUT2D eigenvalue weighted by atomic mass is 10.1. The minimum absolute atomic E-state index is 0.0441. The van der Waals surface area contributed by atoms with Crippen molar-refractivity contribution in [1.82, 2.24) is 5.43 Å². The van der Waals surface area contributed by atoms with Gasteiger partial charge in [-0.25, -0.2) is 10.2 Å². The Bertz CT molecular complexity index is 1190. The lowest BCUT2D eigenvalue weighted by Gasteiger charge is -2.10. The van der Waals surface area contributed by atoms with Crippen LogP contribution >= 0.6 is 0 Å². The second-order valence-corrected chi connectivity index (χ2v) is 6.10. The van der Waals surface area contributed by atoms with Gasteiger partial charge in [0.05, 0.1) is 28.5 Å². The number of carbonyl (C=O) groups is 2. The highest BCUT2D eigenvalue weighted by molar-refractivity contribution is 5.95. The Labute approximate surface area is 177 Å². The predicted molar refractivity (Wildman–Crippen MR) is 103 cm³/mol. The molecule has 9 nitrogen and oxygen atoms in total. The fraction of sp³-hybridized carbons (Fsp3) is 0.0500. The van der Waals surface area contributed by atoms with Crippen molar-refractivity contribution in [2.75, 3.05) is 0 Å². The molecule has 0 saturated carbocycles. The fourth-order valence-electron chi connectivity index (χ4n) is 2.50. The van der Waals surface area contributed by atoms with Gasteiger partial charge in [0.15, 0.2) is 5.76 Å². The van der Waals surface area contributed by atoms with Gasteiger partial charge in [-0.05, 0) is 36.4 Å². The summed E-state index contributed by atoms with van der Waals surface area (Å²) in [6, 6.07) is 9.86. The molecule has 3 aromatic rings. The molecule has 1 amide bonds. The number of halogens is 3. The van der Waals surface area contributed by atoms with Gasteiger partial charge < -0.3 is 9.15 Å². The molecule has 12 heteroatoms. The molecule has 0 saturated heterocycles. The molecule has 0 aliphatic heterocycles. The number of alkyl halides is 3. The molecule has 0 radical (unpaired) electrons. The highest BCUT2D eigenvalue weighted by Crippen LogP contribution is 2.32. The standard InChI is InChI=1S/C20H12F3N3O6/c21-20(22,23)14-6-1-4-12(10-14)19(28)32-17-13(5-2-7-15(17)26(29)30)11-24-25-18(27)16-8-3-9-31-16/h1-11H,(H,25,27)/b24-11+. The number of para-hydroxylation sites is 1. The molecule has 1 heterocycles. The average Bonchev–Trinajstić information content (AvgIpc) is 3.29. The van der Waals surface area contributed by atoms with E-state index in [1.54, 1.807) is 0 Å². The smallest absolute Gasteiger partial charge is 0.416 e. The molecule has 0 unspecified atom stereocenters. The van der Waals surface area contributed by atoms with Crippen LogP contribution in [0.5, 0.6) is 5.75 Å². The maximum Gasteiger partial charge on any atom is 0.416 e. The van der Waals surface area contributed by atoms with Crippen LogP contribution in [0.4, 0.5) is 18.9 Å². The summed E-state index contributed by atoms with van der Waals surface area (Å²) in [5, 5.41) is 15.0. The number of hydrazone groups is 1. The molecule has 1 aromatic heterocycles. The van der Waals surface area contributed by atoms with E-state index in [0.717, 1.165) is 30.5 Å². The summed E-state index contributed by atoms with van der Waals surface area (Å²) in [6.07, 6.45) is -2.45. The number of nitro benzene ring substituents is 1. The number of hydrogen-bond acceptors (Lipinski definition) is 7.